The van der Waals surface area contributed by atoms with Crippen molar-refractivity contribution in [3.8, 4) is 11.5 Å². The van der Waals surface area contributed by atoms with E-state index in [1.54, 1.807) is 25.1 Å². The quantitative estimate of drug-likeness (QED) is 0.697. The smallest absolute Gasteiger partial charge is 0.274 e. The van der Waals surface area contributed by atoms with Crippen molar-refractivity contribution < 1.29 is 18.7 Å². The van der Waals surface area contributed by atoms with E-state index in [-0.39, 0.29) is 5.91 Å². The molecule has 0 radical (unpaired) electrons. The number of halogens is 1. The van der Waals surface area contributed by atoms with Crippen molar-refractivity contribution in [3.63, 3.8) is 0 Å². The molecule has 1 aromatic carbocycles. The Labute approximate surface area is 131 Å². The number of nitrogens with zero attached hydrogens (tertiary/aromatic N) is 1. The third kappa shape index (κ3) is 2.92. The van der Waals surface area contributed by atoms with Crippen molar-refractivity contribution in [1.82, 2.24) is 5.43 Å². The lowest BCUT2D eigenvalue weighted by atomic mass is 10.2. The van der Waals surface area contributed by atoms with Gasteiger partial charge in [-0.05, 0) is 30.7 Å². The zero-order valence-corrected chi connectivity index (χ0v) is 12.5. The van der Waals surface area contributed by atoms with Gasteiger partial charge in [0, 0.05) is 0 Å². The van der Waals surface area contributed by atoms with Crippen LogP contribution in [0.3, 0.4) is 0 Å². The maximum atomic E-state index is 11.9. The molecule has 0 atom stereocenters. The maximum Gasteiger partial charge on any atom is 0.274 e. The SMILES string of the molecule is Cc1occc1C(=O)N/N=C\c1cc(Cl)c2c(c1)OCCO2. The standard InChI is InChI=1S/C15H13ClN2O4/c1-9-11(2-3-20-9)15(19)18-17-8-10-6-12(16)14-13(7-10)21-4-5-22-14/h2-3,6-8H,4-5H2,1H3,(H,18,19)/b17-8-. The summed E-state index contributed by atoms with van der Waals surface area (Å²) >= 11 is 6.12. The fourth-order valence-corrected chi connectivity index (χ4v) is 2.33. The van der Waals surface area contributed by atoms with Gasteiger partial charge in [-0.2, -0.15) is 5.10 Å². The number of hydrazone groups is 1. The number of hydrogen-bond acceptors (Lipinski definition) is 5. The summed E-state index contributed by atoms with van der Waals surface area (Å²) in [5.74, 6) is 1.29. The Balaban J connectivity index is 1.72. The van der Waals surface area contributed by atoms with Crippen LogP contribution in [0.2, 0.25) is 5.02 Å². The Morgan fingerprint density at radius 2 is 2.18 bits per heavy atom. The van der Waals surface area contributed by atoms with E-state index in [4.69, 9.17) is 25.5 Å². The van der Waals surface area contributed by atoms with Crippen LogP contribution in [0.15, 0.2) is 34.0 Å². The van der Waals surface area contributed by atoms with Gasteiger partial charge in [0.25, 0.3) is 5.91 Å². The van der Waals surface area contributed by atoms with Crippen molar-refractivity contribution in [1.29, 1.82) is 0 Å². The largest absolute Gasteiger partial charge is 0.486 e. The van der Waals surface area contributed by atoms with Gasteiger partial charge >= 0.3 is 0 Å². The topological polar surface area (TPSA) is 73.1 Å². The number of furan rings is 1. The minimum atomic E-state index is -0.342. The lowest BCUT2D eigenvalue weighted by Gasteiger charge is -2.19. The molecule has 1 amide bonds. The van der Waals surface area contributed by atoms with Gasteiger partial charge in [-0.25, -0.2) is 5.43 Å². The Hall–Kier alpha value is -2.47. The van der Waals surface area contributed by atoms with Crippen LogP contribution < -0.4 is 14.9 Å². The fourth-order valence-electron chi connectivity index (χ4n) is 2.05. The highest BCUT2D eigenvalue weighted by Gasteiger charge is 2.16. The van der Waals surface area contributed by atoms with Crippen molar-refractivity contribution >= 4 is 23.7 Å². The number of rotatable bonds is 3. The van der Waals surface area contributed by atoms with Gasteiger partial charge in [-0.3, -0.25) is 4.79 Å². The monoisotopic (exact) mass is 320 g/mol. The molecule has 1 aliphatic rings. The molecule has 0 aliphatic carbocycles. The average molecular weight is 321 g/mol. The van der Waals surface area contributed by atoms with Gasteiger partial charge in [0.1, 0.15) is 19.0 Å². The van der Waals surface area contributed by atoms with E-state index in [1.807, 2.05) is 0 Å². The molecule has 0 spiro atoms. The summed E-state index contributed by atoms with van der Waals surface area (Å²) in [6.45, 7) is 2.65. The lowest BCUT2D eigenvalue weighted by molar-refractivity contribution is 0.0953. The maximum absolute atomic E-state index is 11.9. The van der Waals surface area contributed by atoms with Gasteiger partial charge in [0.2, 0.25) is 0 Å². The van der Waals surface area contributed by atoms with Crippen molar-refractivity contribution in [2.24, 2.45) is 5.10 Å². The summed E-state index contributed by atoms with van der Waals surface area (Å²) in [6, 6.07) is 5.02. The molecule has 0 bridgehead atoms. The molecule has 6 nitrogen and oxygen atoms in total. The first kappa shape index (κ1) is 14.5. The summed E-state index contributed by atoms with van der Waals surface area (Å²) in [6.07, 6.45) is 2.94. The molecule has 1 aliphatic heterocycles. The highest BCUT2D eigenvalue weighted by atomic mass is 35.5. The van der Waals surface area contributed by atoms with E-state index in [9.17, 15) is 4.79 Å². The van der Waals surface area contributed by atoms with Crippen LogP contribution in [-0.4, -0.2) is 25.3 Å². The normalized spacial score (nSPS) is 13.4. The highest BCUT2D eigenvalue weighted by Crippen LogP contribution is 2.37. The molecule has 0 saturated heterocycles. The molecule has 22 heavy (non-hydrogen) atoms. The summed E-state index contributed by atoms with van der Waals surface area (Å²) in [4.78, 5) is 11.9. The minimum absolute atomic E-state index is 0.342. The van der Waals surface area contributed by atoms with Crippen molar-refractivity contribution in [2.45, 2.75) is 6.92 Å². The van der Waals surface area contributed by atoms with Crippen LogP contribution in [0.1, 0.15) is 21.7 Å². The molecule has 0 saturated carbocycles. The molecular weight excluding hydrogens is 308 g/mol. The molecule has 3 rings (SSSR count). The second kappa shape index (κ2) is 6.11. The summed E-state index contributed by atoms with van der Waals surface area (Å²) in [5, 5.41) is 4.35. The third-order valence-electron chi connectivity index (χ3n) is 3.10. The first-order valence-corrected chi connectivity index (χ1v) is 6.99. The third-order valence-corrected chi connectivity index (χ3v) is 3.38. The molecule has 7 heteroatoms. The predicted octanol–water partition coefficient (Wildman–Crippen LogP) is 2.78. The molecular formula is C15H13ClN2O4. The molecule has 114 valence electrons. The number of carbonyl (C=O) groups excluding carboxylic acids is 1. The van der Waals surface area contributed by atoms with Crippen molar-refractivity contribution in [3.05, 3.63) is 46.4 Å². The second-order valence-corrected chi connectivity index (χ2v) is 5.02. The molecule has 1 aromatic heterocycles. The van der Waals surface area contributed by atoms with E-state index in [2.05, 4.69) is 10.5 Å². The first-order chi connectivity index (χ1) is 10.6. The Morgan fingerprint density at radius 3 is 2.95 bits per heavy atom. The van der Waals surface area contributed by atoms with Gasteiger partial charge in [-0.1, -0.05) is 11.6 Å². The highest BCUT2D eigenvalue weighted by molar-refractivity contribution is 6.32. The zero-order chi connectivity index (χ0) is 15.5. The zero-order valence-electron chi connectivity index (χ0n) is 11.8. The van der Waals surface area contributed by atoms with Gasteiger partial charge in [-0.15, -0.1) is 0 Å². The number of ether oxygens (including phenoxy) is 2. The first-order valence-electron chi connectivity index (χ1n) is 6.62. The van der Waals surface area contributed by atoms with Gasteiger partial charge in [0.15, 0.2) is 11.5 Å². The lowest BCUT2D eigenvalue weighted by Crippen LogP contribution is -2.18. The van der Waals surface area contributed by atoms with E-state index in [0.29, 0.717) is 46.6 Å². The number of carbonyl (C=O) groups is 1. The van der Waals surface area contributed by atoms with E-state index in [1.165, 1.54) is 12.5 Å². The number of hydrogen-bond donors (Lipinski definition) is 1. The van der Waals surface area contributed by atoms with Gasteiger partial charge < -0.3 is 13.9 Å². The number of nitrogens with one attached hydrogen (secondary N) is 1. The van der Waals surface area contributed by atoms with E-state index < -0.39 is 0 Å². The van der Waals surface area contributed by atoms with Crippen LogP contribution in [0.25, 0.3) is 0 Å². The number of amides is 1. The summed E-state index contributed by atoms with van der Waals surface area (Å²) < 4.78 is 16.0. The van der Waals surface area contributed by atoms with Crippen LogP contribution in [0, 0.1) is 6.92 Å². The predicted molar refractivity (Wildman–Crippen MR) is 80.9 cm³/mol. The van der Waals surface area contributed by atoms with Gasteiger partial charge in [0.05, 0.1) is 23.1 Å². The number of aryl methyl sites for hydroxylation is 1. The van der Waals surface area contributed by atoms with Crippen molar-refractivity contribution in [2.75, 3.05) is 13.2 Å². The molecule has 0 unspecified atom stereocenters. The Kier molecular flexibility index (Phi) is 4.02. The van der Waals surface area contributed by atoms with Crippen LogP contribution in [0.5, 0.6) is 11.5 Å². The summed E-state index contributed by atoms with van der Waals surface area (Å²) in [7, 11) is 0. The molecule has 2 aromatic rings. The molecule has 1 N–H and O–H groups in total. The van der Waals surface area contributed by atoms with Crippen LogP contribution in [-0.2, 0) is 0 Å². The second-order valence-electron chi connectivity index (χ2n) is 4.62. The Bertz CT molecular complexity index is 739. The van der Waals surface area contributed by atoms with E-state index >= 15 is 0 Å². The number of benzene rings is 1. The molecule has 0 fully saturated rings. The average Bonchev–Trinajstić information content (AvgIpc) is 2.93. The number of fused-ring (bicyclic) bond motifs is 1. The Morgan fingerprint density at radius 1 is 1.36 bits per heavy atom. The van der Waals surface area contributed by atoms with E-state index in [0.717, 1.165) is 0 Å². The summed E-state index contributed by atoms with van der Waals surface area (Å²) in [5.41, 5.74) is 3.56. The fraction of sp³-hybridized carbons (Fsp3) is 0.200. The molecule has 2 heterocycles. The van der Waals surface area contributed by atoms with Crippen LogP contribution in [0.4, 0.5) is 0 Å². The minimum Gasteiger partial charge on any atom is -0.486 e. The van der Waals surface area contributed by atoms with Crippen LogP contribution >= 0.6 is 11.6 Å².